The van der Waals surface area contributed by atoms with Crippen LogP contribution in [0.1, 0.15) is 27.9 Å². The third kappa shape index (κ3) is 4.80. The molecule has 0 N–H and O–H groups in total. The summed E-state index contributed by atoms with van der Waals surface area (Å²) in [5.41, 5.74) is 1.62. The highest BCUT2D eigenvalue weighted by Crippen LogP contribution is 2.29. The summed E-state index contributed by atoms with van der Waals surface area (Å²) in [6, 6.07) is 13.9. The number of carbonyl (C=O) groups is 1. The van der Waals surface area contributed by atoms with Crippen LogP contribution in [0.4, 0.5) is 0 Å². The molecule has 3 aromatic rings. The fraction of sp³-hybridized carbons (Fsp3) is 0.391. The van der Waals surface area contributed by atoms with E-state index in [1.54, 1.807) is 6.26 Å². The molecule has 0 saturated carbocycles. The van der Waals surface area contributed by atoms with Crippen LogP contribution in [0.25, 0.3) is 10.8 Å². The molecule has 158 valence electrons. The molecule has 1 aliphatic rings. The van der Waals surface area contributed by atoms with Crippen LogP contribution >= 0.6 is 11.3 Å². The van der Waals surface area contributed by atoms with Crippen LogP contribution in [0.5, 0.6) is 0 Å². The van der Waals surface area contributed by atoms with Crippen LogP contribution in [0.3, 0.4) is 0 Å². The van der Waals surface area contributed by atoms with Gasteiger partial charge in [0.2, 0.25) is 0 Å². The van der Waals surface area contributed by atoms with Gasteiger partial charge in [0.15, 0.2) is 10.8 Å². The molecule has 0 aliphatic carbocycles. The van der Waals surface area contributed by atoms with Crippen molar-refractivity contribution < 1.29 is 13.9 Å². The van der Waals surface area contributed by atoms with E-state index < -0.39 is 0 Å². The van der Waals surface area contributed by atoms with Gasteiger partial charge in [-0.25, -0.2) is 4.98 Å². The number of ether oxygens (including phenoxy) is 1. The minimum Gasteiger partial charge on any atom is -0.462 e. The molecule has 0 bridgehead atoms. The molecule has 6 nitrogen and oxygen atoms in total. The second kappa shape index (κ2) is 9.55. The van der Waals surface area contributed by atoms with Gasteiger partial charge in [-0.15, -0.1) is 11.3 Å². The first kappa shape index (κ1) is 20.8. The lowest BCUT2D eigenvalue weighted by molar-refractivity contribution is 0.0227. The molecule has 4 rings (SSSR count). The van der Waals surface area contributed by atoms with E-state index in [0.29, 0.717) is 18.0 Å². The lowest BCUT2D eigenvalue weighted by atomic mass is 10.1. The standard InChI is InChI=1S/C23H27N3O3S/c1-17(15-25-10-13-28-14-11-25)26(16-19-7-4-3-5-8-19)23(27)21-18(2)30-22(24-21)20-9-6-12-29-20/h3-9,12,17H,10-11,13-16H2,1-2H3. The summed E-state index contributed by atoms with van der Waals surface area (Å²) < 4.78 is 10.9. The Morgan fingerprint density at radius 2 is 1.97 bits per heavy atom. The second-order valence-electron chi connectivity index (χ2n) is 7.58. The Bertz CT molecular complexity index is 950. The van der Waals surface area contributed by atoms with Crippen molar-refractivity contribution in [3.63, 3.8) is 0 Å². The molecule has 7 heteroatoms. The van der Waals surface area contributed by atoms with E-state index in [0.717, 1.165) is 48.3 Å². The highest BCUT2D eigenvalue weighted by molar-refractivity contribution is 7.15. The number of amides is 1. The molecule has 2 aromatic heterocycles. The van der Waals surface area contributed by atoms with Crippen molar-refractivity contribution in [3.05, 3.63) is 64.9 Å². The summed E-state index contributed by atoms with van der Waals surface area (Å²) in [6.45, 7) is 8.73. The van der Waals surface area contributed by atoms with Crippen molar-refractivity contribution >= 4 is 17.2 Å². The van der Waals surface area contributed by atoms with Gasteiger partial charge in [0, 0.05) is 37.1 Å². The number of furan rings is 1. The summed E-state index contributed by atoms with van der Waals surface area (Å²) in [5, 5.41) is 0.737. The molecule has 3 heterocycles. The maximum Gasteiger partial charge on any atom is 0.274 e. The van der Waals surface area contributed by atoms with Crippen molar-refractivity contribution in [2.75, 3.05) is 32.8 Å². The molecule has 1 fully saturated rings. The summed E-state index contributed by atoms with van der Waals surface area (Å²) in [6.07, 6.45) is 1.62. The maximum absolute atomic E-state index is 13.6. The predicted octanol–water partition coefficient (Wildman–Crippen LogP) is 4.07. The molecule has 1 atom stereocenters. The summed E-state index contributed by atoms with van der Waals surface area (Å²) >= 11 is 1.49. The van der Waals surface area contributed by atoms with Crippen molar-refractivity contribution in [3.8, 4) is 10.8 Å². The monoisotopic (exact) mass is 425 g/mol. The number of hydrogen-bond donors (Lipinski definition) is 0. The van der Waals surface area contributed by atoms with E-state index in [4.69, 9.17) is 9.15 Å². The zero-order valence-corrected chi connectivity index (χ0v) is 18.2. The van der Waals surface area contributed by atoms with Gasteiger partial charge in [0.25, 0.3) is 5.91 Å². The normalized spacial score (nSPS) is 15.8. The number of aromatic nitrogens is 1. The molecule has 0 spiro atoms. The Balaban J connectivity index is 1.58. The van der Waals surface area contributed by atoms with Gasteiger partial charge < -0.3 is 14.1 Å². The number of thiazole rings is 1. The largest absolute Gasteiger partial charge is 0.462 e. The number of aryl methyl sites for hydroxylation is 1. The van der Waals surface area contributed by atoms with E-state index in [2.05, 4.69) is 28.9 Å². The van der Waals surface area contributed by atoms with Gasteiger partial charge in [-0.05, 0) is 31.5 Å². The Morgan fingerprint density at radius 1 is 1.20 bits per heavy atom. The Hall–Kier alpha value is -2.48. The van der Waals surface area contributed by atoms with Gasteiger partial charge in [0.1, 0.15) is 5.69 Å². The predicted molar refractivity (Wildman–Crippen MR) is 118 cm³/mol. The second-order valence-corrected chi connectivity index (χ2v) is 8.78. The van der Waals surface area contributed by atoms with Gasteiger partial charge in [0.05, 0.1) is 19.5 Å². The average Bonchev–Trinajstić information content (AvgIpc) is 3.43. The van der Waals surface area contributed by atoms with E-state index in [1.165, 1.54) is 11.3 Å². The fourth-order valence-electron chi connectivity index (χ4n) is 3.70. The van der Waals surface area contributed by atoms with Crippen LogP contribution in [0.2, 0.25) is 0 Å². The van der Waals surface area contributed by atoms with Crippen molar-refractivity contribution in [1.29, 1.82) is 0 Å². The molecular formula is C23H27N3O3S. The lowest BCUT2D eigenvalue weighted by Crippen LogP contribution is -2.48. The van der Waals surface area contributed by atoms with Crippen molar-refractivity contribution in [2.24, 2.45) is 0 Å². The smallest absolute Gasteiger partial charge is 0.274 e. The summed E-state index contributed by atoms with van der Waals surface area (Å²) in [5.74, 6) is 0.657. The quantitative estimate of drug-likeness (QED) is 0.571. The number of carbonyl (C=O) groups excluding carboxylic acids is 1. The number of morpholine rings is 1. The average molecular weight is 426 g/mol. The molecular weight excluding hydrogens is 398 g/mol. The highest BCUT2D eigenvalue weighted by Gasteiger charge is 2.28. The molecule has 0 radical (unpaired) electrons. The van der Waals surface area contributed by atoms with E-state index in [9.17, 15) is 4.79 Å². The SMILES string of the molecule is Cc1sc(-c2ccco2)nc1C(=O)N(Cc1ccccc1)C(C)CN1CCOCC1. The molecule has 30 heavy (non-hydrogen) atoms. The Morgan fingerprint density at radius 3 is 2.67 bits per heavy atom. The van der Waals surface area contributed by atoms with Gasteiger partial charge in [-0.2, -0.15) is 0 Å². The maximum atomic E-state index is 13.6. The van der Waals surface area contributed by atoms with E-state index in [1.807, 2.05) is 42.2 Å². The fourth-order valence-corrected chi connectivity index (χ4v) is 4.57. The third-order valence-corrected chi connectivity index (χ3v) is 6.33. The van der Waals surface area contributed by atoms with Crippen LogP contribution in [0, 0.1) is 6.92 Å². The highest BCUT2D eigenvalue weighted by atomic mass is 32.1. The Labute approximate surface area is 181 Å². The molecule has 1 saturated heterocycles. The van der Waals surface area contributed by atoms with Crippen LogP contribution in [-0.2, 0) is 11.3 Å². The topological polar surface area (TPSA) is 58.8 Å². The van der Waals surface area contributed by atoms with Crippen LogP contribution in [0.15, 0.2) is 53.1 Å². The van der Waals surface area contributed by atoms with Gasteiger partial charge in [-0.1, -0.05) is 30.3 Å². The molecule has 1 aromatic carbocycles. The number of hydrogen-bond acceptors (Lipinski definition) is 6. The summed E-state index contributed by atoms with van der Waals surface area (Å²) in [7, 11) is 0. The molecule has 1 unspecified atom stereocenters. The third-order valence-electron chi connectivity index (χ3n) is 5.35. The number of benzene rings is 1. The van der Waals surface area contributed by atoms with Crippen LogP contribution < -0.4 is 0 Å². The van der Waals surface area contributed by atoms with Crippen LogP contribution in [-0.4, -0.2) is 59.6 Å². The number of nitrogens with zero attached hydrogens (tertiary/aromatic N) is 3. The zero-order valence-electron chi connectivity index (χ0n) is 17.4. The molecule has 1 amide bonds. The number of rotatable bonds is 7. The summed E-state index contributed by atoms with van der Waals surface area (Å²) in [4.78, 5) is 23.5. The van der Waals surface area contributed by atoms with Gasteiger partial charge >= 0.3 is 0 Å². The Kier molecular flexibility index (Phi) is 6.62. The zero-order chi connectivity index (χ0) is 20.9. The lowest BCUT2D eigenvalue weighted by Gasteiger charge is -2.35. The van der Waals surface area contributed by atoms with E-state index in [-0.39, 0.29) is 11.9 Å². The first-order valence-electron chi connectivity index (χ1n) is 10.3. The first-order valence-corrected chi connectivity index (χ1v) is 11.1. The first-order chi connectivity index (χ1) is 14.6. The van der Waals surface area contributed by atoms with E-state index >= 15 is 0 Å². The minimum absolute atomic E-state index is 0.0360. The van der Waals surface area contributed by atoms with Gasteiger partial charge in [-0.3, -0.25) is 9.69 Å². The van der Waals surface area contributed by atoms with Crippen molar-refractivity contribution in [1.82, 2.24) is 14.8 Å². The molecule has 1 aliphatic heterocycles. The van der Waals surface area contributed by atoms with Crippen molar-refractivity contribution in [2.45, 2.75) is 26.4 Å². The minimum atomic E-state index is -0.0360.